The molecule has 1 fully saturated rings. The van der Waals surface area contributed by atoms with Crippen molar-refractivity contribution in [1.82, 2.24) is 5.32 Å². The van der Waals surface area contributed by atoms with Crippen LogP contribution in [0.25, 0.3) is 0 Å². The minimum absolute atomic E-state index is 0.162. The first-order valence-corrected chi connectivity index (χ1v) is 7.47. The molecule has 0 unspecified atom stereocenters. The number of aliphatic hydroxyl groups excluding tert-OH is 6. The van der Waals surface area contributed by atoms with Gasteiger partial charge in [0.05, 0.1) is 24.8 Å². The van der Waals surface area contributed by atoms with E-state index < -0.39 is 61.6 Å². The van der Waals surface area contributed by atoms with E-state index in [9.17, 15) is 30.6 Å². The predicted molar refractivity (Wildman–Crippen MR) is 77.3 cm³/mol. The van der Waals surface area contributed by atoms with Gasteiger partial charge in [0.25, 0.3) is 0 Å². The minimum atomic E-state index is -1.48. The van der Waals surface area contributed by atoms with E-state index in [1.54, 1.807) is 6.92 Å². The summed E-state index contributed by atoms with van der Waals surface area (Å²) in [5.41, 5.74) is 0.162. The molecule has 0 radical (unpaired) electrons. The van der Waals surface area contributed by atoms with Crippen LogP contribution in [0.5, 0.6) is 0 Å². The van der Waals surface area contributed by atoms with Crippen molar-refractivity contribution >= 4 is 0 Å². The Labute approximate surface area is 133 Å². The maximum atomic E-state index is 10.2. The number of methoxy groups -OCH3 is 1. The first-order valence-electron chi connectivity index (χ1n) is 7.47. The standard InChI is InChI=1S/C14H25NO8/c1-5-8(11(19)13(21)14(22-2)23-5)15-7-3-6(4-16)9(17)12(20)10(7)18/h3,5,7-21H,4H2,1-2H3/t5-,7-,8-,9-,10+,11+,12+,13-,14-/m1/s1. The fourth-order valence-corrected chi connectivity index (χ4v) is 3.02. The van der Waals surface area contributed by atoms with Crippen LogP contribution in [-0.2, 0) is 9.47 Å². The summed E-state index contributed by atoms with van der Waals surface area (Å²) in [5, 5.41) is 62.0. The molecule has 0 spiro atoms. The molecule has 1 heterocycles. The molecular formula is C14H25NO8. The number of aliphatic hydroxyl groups is 6. The molecular weight excluding hydrogens is 310 g/mol. The number of hydrogen-bond acceptors (Lipinski definition) is 9. The third-order valence-corrected chi connectivity index (χ3v) is 4.47. The van der Waals surface area contributed by atoms with Crippen LogP contribution in [-0.4, -0.2) is 99.4 Å². The minimum Gasteiger partial charge on any atom is -0.392 e. The van der Waals surface area contributed by atoms with E-state index in [1.165, 1.54) is 13.2 Å². The number of ether oxygens (including phenoxy) is 2. The van der Waals surface area contributed by atoms with Gasteiger partial charge in [-0.25, -0.2) is 0 Å². The maximum absolute atomic E-state index is 10.2. The van der Waals surface area contributed by atoms with E-state index in [-0.39, 0.29) is 5.57 Å². The lowest BCUT2D eigenvalue weighted by Crippen LogP contribution is -2.66. The maximum Gasteiger partial charge on any atom is 0.186 e. The topological polar surface area (TPSA) is 152 Å². The highest BCUT2D eigenvalue weighted by Crippen LogP contribution is 2.25. The van der Waals surface area contributed by atoms with Crippen LogP contribution in [0.1, 0.15) is 6.92 Å². The summed E-state index contributed by atoms with van der Waals surface area (Å²) < 4.78 is 10.4. The van der Waals surface area contributed by atoms with Crippen LogP contribution >= 0.6 is 0 Å². The molecule has 1 aliphatic heterocycles. The van der Waals surface area contributed by atoms with Crippen LogP contribution in [0.15, 0.2) is 11.6 Å². The Balaban J connectivity index is 2.15. The highest BCUT2D eigenvalue weighted by atomic mass is 16.7. The van der Waals surface area contributed by atoms with Crippen molar-refractivity contribution in [3.63, 3.8) is 0 Å². The van der Waals surface area contributed by atoms with Crippen LogP contribution in [0, 0.1) is 0 Å². The Hall–Kier alpha value is -0.620. The molecule has 2 rings (SSSR count). The van der Waals surface area contributed by atoms with Crippen LogP contribution < -0.4 is 5.32 Å². The van der Waals surface area contributed by atoms with Crippen molar-refractivity contribution in [1.29, 1.82) is 0 Å². The number of rotatable bonds is 4. The molecule has 2 aliphatic rings. The second-order valence-electron chi connectivity index (χ2n) is 5.97. The molecule has 134 valence electrons. The summed E-state index contributed by atoms with van der Waals surface area (Å²) in [7, 11) is 1.35. The fourth-order valence-electron chi connectivity index (χ4n) is 3.02. The summed E-state index contributed by atoms with van der Waals surface area (Å²) in [4.78, 5) is 0. The Morgan fingerprint density at radius 2 is 1.74 bits per heavy atom. The highest BCUT2D eigenvalue weighted by molar-refractivity contribution is 5.22. The van der Waals surface area contributed by atoms with Crippen molar-refractivity contribution in [2.75, 3.05) is 13.7 Å². The summed E-state index contributed by atoms with van der Waals surface area (Å²) in [6.45, 7) is 1.19. The average Bonchev–Trinajstić information content (AvgIpc) is 2.54. The lowest BCUT2D eigenvalue weighted by Gasteiger charge is -2.44. The zero-order valence-electron chi connectivity index (χ0n) is 13.0. The van der Waals surface area contributed by atoms with Gasteiger partial charge < -0.3 is 45.4 Å². The molecule has 1 saturated heterocycles. The van der Waals surface area contributed by atoms with Gasteiger partial charge in [0.1, 0.15) is 30.5 Å². The predicted octanol–water partition coefficient (Wildman–Crippen LogP) is -3.56. The van der Waals surface area contributed by atoms with Crippen molar-refractivity contribution in [2.24, 2.45) is 0 Å². The first-order chi connectivity index (χ1) is 10.8. The van der Waals surface area contributed by atoms with E-state index in [1.807, 2.05) is 0 Å². The molecule has 0 aromatic carbocycles. The molecule has 0 aromatic rings. The van der Waals surface area contributed by atoms with Crippen molar-refractivity contribution in [3.8, 4) is 0 Å². The summed E-state index contributed by atoms with van der Waals surface area (Å²) in [6, 6.07) is -1.60. The van der Waals surface area contributed by atoms with Gasteiger partial charge in [-0.15, -0.1) is 0 Å². The van der Waals surface area contributed by atoms with Gasteiger partial charge in [-0.05, 0) is 12.5 Å². The second-order valence-corrected chi connectivity index (χ2v) is 5.97. The lowest BCUT2D eigenvalue weighted by molar-refractivity contribution is -0.265. The van der Waals surface area contributed by atoms with Crippen molar-refractivity contribution in [2.45, 2.75) is 61.9 Å². The molecule has 0 saturated carbocycles. The third kappa shape index (κ3) is 3.58. The zero-order valence-corrected chi connectivity index (χ0v) is 13.0. The van der Waals surface area contributed by atoms with Crippen molar-refractivity contribution < 1.29 is 40.1 Å². The second kappa shape index (κ2) is 7.51. The Bertz CT molecular complexity index is 433. The van der Waals surface area contributed by atoms with Crippen molar-refractivity contribution in [3.05, 3.63) is 11.6 Å². The molecule has 23 heavy (non-hydrogen) atoms. The molecule has 9 nitrogen and oxygen atoms in total. The summed E-state index contributed by atoms with van der Waals surface area (Å²) in [6.07, 6.45) is -6.83. The van der Waals surface area contributed by atoms with Crippen LogP contribution in [0.4, 0.5) is 0 Å². The summed E-state index contributed by atoms with van der Waals surface area (Å²) in [5.74, 6) is 0. The van der Waals surface area contributed by atoms with Gasteiger partial charge in [-0.2, -0.15) is 0 Å². The van der Waals surface area contributed by atoms with Gasteiger partial charge in [0.2, 0.25) is 0 Å². The summed E-state index contributed by atoms with van der Waals surface area (Å²) >= 11 is 0. The van der Waals surface area contributed by atoms with E-state index in [2.05, 4.69) is 5.32 Å². The quantitative estimate of drug-likeness (QED) is 0.259. The monoisotopic (exact) mass is 335 g/mol. The third-order valence-electron chi connectivity index (χ3n) is 4.47. The van der Waals surface area contributed by atoms with E-state index in [0.29, 0.717) is 0 Å². The van der Waals surface area contributed by atoms with Gasteiger partial charge in [-0.1, -0.05) is 6.08 Å². The molecule has 9 heteroatoms. The SMILES string of the molecule is CO[C@@H]1O[C@H](C)[C@@H](N[C@@H]2C=C(CO)[C@@H](O)[C@H](O)[C@H]2O)[C@H](O)[C@H]1O. The van der Waals surface area contributed by atoms with Gasteiger partial charge in [0, 0.05) is 7.11 Å². The molecule has 0 aromatic heterocycles. The van der Waals surface area contributed by atoms with Gasteiger partial charge in [0.15, 0.2) is 6.29 Å². The van der Waals surface area contributed by atoms with Gasteiger partial charge >= 0.3 is 0 Å². The Morgan fingerprint density at radius 1 is 1.09 bits per heavy atom. The molecule has 9 atom stereocenters. The Kier molecular flexibility index (Phi) is 6.11. The normalized spacial score (nSPS) is 48.2. The molecule has 7 N–H and O–H groups in total. The molecule has 0 amide bonds. The smallest absolute Gasteiger partial charge is 0.186 e. The largest absolute Gasteiger partial charge is 0.392 e. The molecule has 1 aliphatic carbocycles. The van der Waals surface area contributed by atoms with Crippen LogP contribution in [0.3, 0.4) is 0 Å². The Morgan fingerprint density at radius 3 is 2.30 bits per heavy atom. The van der Waals surface area contributed by atoms with E-state index in [0.717, 1.165) is 0 Å². The van der Waals surface area contributed by atoms with E-state index >= 15 is 0 Å². The number of hydrogen-bond donors (Lipinski definition) is 7. The first kappa shape index (κ1) is 18.7. The van der Waals surface area contributed by atoms with Crippen LogP contribution in [0.2, 0.25) is 0 Å². The highest BCUT2D eigenvalue weighted by Gasteiger charge is 2.45. The lowest BCUT2D eigenvalue weighted by atomic mass is 9.86. The fraction of sp³-hybridized carbons (Fsp3) is 0.857. The molecule has 0 bridgehead atoms. The number of nitrogens with one attached hydrogen (secondary N) is 1. The zero-order chi connectivity index (χ0) is 17.3. The average molecular weight is 335 g/mol. The van der Waals surface area contributed by atoms with Gasteiger partial charge in [-0.3, -0.25) is 0 Å². The van der Waals surface area contributed by atoms with E-state index in [4.69, 9.17) is 9.47 Å².